The Balaban J connectivity index is 2.10. The fraction of sp³-hybridized carbons (Fsp3) is 0.889. The highest BCUT2D eigenvalue weighted by atomic mass is 16.5. The van der Waals surface area contributed by atoms with Crippen molar-refractivity contribution in [3.63, 3.8) is 0 Å². The Kier molecular flexibility index (Phi) is 3.09. The summed E-state index contributed by atoms with van der Waals surface area (Å²) in [4.78, 5) is 4.17. The van der Waals surface area contributed by atoms with Crippen LogP contribution < -0.4 is 0 Å². The fourth-order valence-corrected chi connectivity index (χ4v) is 0.975. The van der Waals surface area contributed by atoms with E-state index in [9.17, 15) is 0 Å². The summed E-state index contributed by atoms with van der Waals surface area (Å²) < 4.78 is 10.8. The molecule has 0 bridgehead atoms. The lowest BCUT2D eigenvalue weighted by Gasteiger charge is -2.19. The van der Waals surface area contributed by atoms with Gasteiger partial charge in [-0.15, -0.1) is 0 Å². The Morgan fingerprint density at radius 2 is 2.25 bits per heavy atom. The molecule has 0 unspecified atom stereocenters. The maximum absolute atomic E-state index is 5.53. The molecule has 0 aromatic rings. The number of ether oxygens (including phenoxy) is 2. The summed E-state index contributed by atoms with van der Waals surface area (Å²) in [5.41, 5.74) is -0.0564. The molecule has 0 aromatic carbocycles. The molecule has 1 heterocycles. The topological polar surface area (TPSA) is 30.8 Å². The summed E-state index contributed by atoms with van der Waals surface area (Å²) in [7, 11) is 0. The van der Waals surface area contributed by atoms with Crippen LogP contribution in [0.3, 0.4) is 0 Å². The second-order valence-corrected chi connectivity index (χ2v) is 3.83. The monoisotopic (exact) mass is 171 g/mol. The van der Waals surface area contributed by atoms with Crippen LogP contribution in [0.15, 0.2) is 4.99 Å². The van der Waals surface area contributed by atoms with Crippen LogP contribution in [0.1, 0.15) is 27.2 Å². The van der Waals surface area contributed by atoms with Gasteiger partial charge in [0.05, 0.1) is 18.8 Å². The molecule has 0 spiro atoms. The van der Waals surface area contributed by atoms with Crippen molar-refractivity contribution in [1.82, 2.24) is 0 Å². The van der Waals surface area contributed by atoms with E-state index < -0.39 is 0 Å². The molecule has 1 aliphatic rings. The van der Waals surface area contributed by atoms with Crippen LogP contribution in [0.25, 0.3) is 0 Å². The first kappa shape index (κ1) is 9.52. The summed E-state index contributed by atoms with van der Waals surface area (Å²) in [5, 5.41) is 0. The predicted molar refractivity (Wildman–Crippen MR) is 48.6 cm³/mol. The van der Waals surface area contributed by atoms with Crippen LogP contribution in [-0.4, -0.2) is 31.3 Å². The number of hydrogen-bond donors (Lipinski definition) is 0. The molecule has 0 radical (unpaired) electrons. The lowest BCUT2D eigenvalue weighted by atomic mass is 10.2. The van der Waals surface area contributed by atoms with Gasteiger partial charge in [-0.2, -0.15) is 0 Å². The average Bonchev–Trinajstić information content (AvgIpc) is 2.36. The van der Waals surface area contributed by atoms with Crippen molar-refractivity contribution in [3.8, 4) is 0 Å². The molecule has 1 rings (SSSR count). The van der Waals surface area contributed by atoms with Crippen LogP contribution >= 0.6 is 0 Å². The first-order chi connectivity index (χ1) is 5.58. The molecule has 0 aromatic heterocycles. The van der Waals surface area contributed by atoms with Gasteiger partial charge in [0.1, 0.15) is 6.61 Å². The highest BCUT2D eigenvalue weighted by Crippen LogP contribution is 2.08. The number of hydrogen-bond acceptors (Lipinski definition) is 3. The minimum Gasteiger partial charge on any atom is -0.479 e. The molecule has 3 heteroatoms. The summed E-state index contributed by atoms with van der Waals surface area (Å²) in [6.07, 6.45) is 0.803. The lowest BCUT2D eigenvalue weighted by molar-refractivity contribution is 0.0000188. The van der Waals surface area contributed by atoms with Crippen molar-refractivity contribution < 1.29 is 9.47 Å². The van der Waals surface area contributed by atoms with Gasteiger partial charge in [-0.05, 0) is 20.8 Å². The van der Waals surface area contributed by atoms with E-state index in [0.717, 1.165) is 25.5 Å². The van der Waals surface area contributed by atoms with Gasteiger partial charge in [-0.25, -0.2) is 0 Å². The van der Waals surface area contributed by atoms with Gasteiger partial charge in [-0.1, -0.05) is 0 Å². The summed E-state index contributed by atoms with van der Waals surface area (Å²) in [6, 6.07) is 0. The van der Waals surface area contributed by atoms with Crippen LogP contribution in [-0.2, 0) is 9.47 Å². The first-order valence-electron chi connectivity index (χ1n) is 4.38. The third-order valence-electron chi connectivity index (χ3n) is 1.50. The third-order valence-corrected chi connectivity index (χ3v) is 1.50. The fourth-order valence-electron chi connectivity index (χ4n) is 0.975. The van der Waals surface area contributed by atoms with Crippen molar-refractivity contribution in [3.05, 3.63) is 0 Å². The molecule has 0 aliphatic carbocycles. The number of aliphatic imine (C=N–C) groups is 1. The van der Waals surface area contributed by atoms with Crippen molar-refractivity contribution in [2.24, 2.45) is 4.99 Å². The van der Waals surface area contributed by atoms with Crippen LogP contribution in [0, 0.1) is 0 Å². The van der Waals surface area contributed by atoms with E-state index in [2.05, 4.69) is 4.99 Å². The zero-order valence-corrected chi connectivity index (χ0v) is 8.09. The Morgan fingerprint density at radius 3 is 2.75 bits per heavy atom. The second kappa shape index (κ2) is 3.90. The van der Waals surface area contributed by atoms with Gasteiger partial charge in [0.25, 0.3) is 0 Å². The maximum Gasteiger partial charge on any atom is 0.185 e. The van der Waals surface area contributed by atoms with Gasteiger partial charge in [0.15, 0.2) is 5.90 Å². The largest absolute Gasteiger partial charge is 0.479 e. The van der Waals surface area contributed by atoms with Crippen molar-refractivity contribution in [2.75, 3.05) is 19.8 Å². The van der Waals surface area contributed by atoms with E-state index in [-0.39, 0.29) is 5.60 Å². The average molecular weight is 171 g/mol. The Morgan fingerprint density at radius 1 is 1.50 bits per heavy atom. The SMILES string of the molecule is CC(C)(C)OCCC1=NCCO1. The van der Waals surface area contributed by atoms with Gasteiger partial charge >= 0.3 is 0 Å². The standard InChI is InChI=1S/C9H17NO2/c1-9(2,3)12-6-4-8-10-5-7-11-8/h4-7H2,1-3H3. The smallest absolute Gasteiger partial charge is 0.185 e. The van der Waals surface area contributed by atoms with Crippen LogP contribution in [0.2, 0.25) is 0 Å². The summed E-state index contributed by atoms with van der Waals surface area (Å²) in [6.45, 7) is 8.39. The van der Waals surface area contributed by atoms with Gasteiger partial charge in [0.2, 0.25) is 0 Å². The Bertz CT molecular complexity index is 170. The Labute approximate surface area is 73.8 Å². The molecule has 70 valence electrons. The van der Waals surface area contributed by atoms with Gasteiger partial charge in [-0.3, -0.25) is 4.99 Å². The zero-order valence-electron chi connectivity index (χ0n) is 8.09. The van der Waals surface area contributed by atoms with Gasteiger partial charge in [0, 0.05) is 6.42 Å². The molecule has 0 fully saturated rings. The molecule has 3 nitrogen and oxygen atoms in total. The maximum atomic E-state index is 5.53. The summed E-state index contributed by atoms with van der Waals surface area (Å²) >= 11 is 0. The van der Waals surface area contributed by atoms with Crippen LogP contribution in [0.4, 0.5) is 0 Å². The normalized spacial score (nSPS) is 17.4. The minimum atomic E-state index is -0.0564. The molecule has 0 atom stereocenters. The molecule has 0 N–H and O–H groups in total. The van der Waals surface area contributed by atoms with Gasteiger partial charge < -0.3 is 9.47 Å². The molecular formula is C9H17NO2. The molecular weight excluding hydrogens is 154 g/mol. The molecule has 1 aliphatic heterocycles. The predicted octanol–water partition coefficient (Wildman–Crippen LogP) is 1.62. The number of nitrogens with zero attached hydrogens (tertiary/aromatic N) is 1. The van der Waals surface area contributed by atoms with E-state index in [1.165, 1.54) is 0 Å². The summed E-state index contributed by atoms with van der Waals surface area (Å²) in [5.74, 6) is 0.847. The molecule has 0 amide bonds. The minimum absolute atomic E-state index is 0.0564. The van der Waals surface area contributed by atoms with Crippen molar-refractivity contribution in [2.45, 2.75) is 32.8 Å². The van der Waals surface area contributed by atoms with E-state index in [1.807, 2.05) is 20.8 Å². The van der Waals surface area contributed by atoms with Crippen molar-refractivity contribution >= 4 is 5.90 Å². The highest BCUT2D eigenvalue weighted by molar-refractivity contribution is 5.77. The lowest BCUT2D eigenvalue weighted by Crippen LogP contribution is -2.21. The van der Waals surface area contributed by atoms with E-state index in [4.69, 9.17) is 9.47 Å². The van der Waals surface area contributed by atoms with Crippen LogP contribution in [0.5, 0.6) is 0 Å². The third kappa shape index (κ3) is 3.72. The van der Waals surface area contributed by atoms with E-state index in [0.29, 0.717) is 6.61 Å². The second-order valence-electron chi connectivity index (χ2n) is 3.83. The van der Waals surface area contributed by atoms with E-state index >= 15 is 0 Å². The van der Waals surface area contributed by atoms with Crippen molar-refractivity contribution in [1.29, 1.82) is 0 Å². The quantitative estimate of drug-likeness (QED) is 0.646. The molecule has 0 saturated heterocycles. The number of rotatable bonds is 3. The molecule has 0 saturated carbocycles. The highest BCUT2D eigenvalue weighted by Gasteiger charge is 2.12. The zero-order chi connectivity index (χ0) is 9.03. The van der Waals surface area contributed by atoms with E-state index in [1.54, 1.807) is 0 Å². The molecule has 12 heavy (non-hydrogen) atoms. The Hall–Kier alpha value is -0.570. The first-order valence-corrected chi connectivity index (χ1v) is 4.38.